The lowest BCUT2D eigenvalue weighted by atomic mass is 9.74. The highest BCUT2D eigenvalue weighted by Crippen LogP contribution is 2.63. The average molecular weight is 329 g/mol. The second kappa shape index (κ2) is 4.75. The molecule has 0 amide bonds. The molecule has 1 aromatic heterocycles. The zero-order valence-corrected chi connectivity index (χ0v) is 14.2. The lowest BCUT2D eigenvalue weighted by molar-refractivity contribution is 0.307. The van der Waals surface area contributed by atoms with Gasteiger partial charge >= 0.3 is 4.87 Å². The Balaban J connectivity index is 1.72. The first-order valence-electron chi connectivity index (χ1n) is 8.17. The molecule has 0 saturated heterocycles. The van der Waals surface area contributed by atoms with E-state index in [1.54, 1.807) is 0 Å². The van der Waals surface area contributed by atoms with Crippen molar-refractivity contribution in [3.05, 3.63) is 49.9 Å². The van der Waals surface area contributed by atoms with Crippen molar-refractivity contribution in [2.24, 2.45) is 17.8 Å². The summed E-state index contributed by atoms with van der Waals surface area (Å²) in [6.07, 6.45) is 4.19. The second-order valence-corrected chi connectivity index (χ2v) is 9.24. The van der Waals surface area contributed by atoms with E-state index >= 15 is 0 Å². The third-order valence-electron chi connectivity index (χ3n) is 5.99. The Kier molecular flexibility index (Phi) is 2.90. The Morgan fingerprint density at radius 2 is 2.00 bits per heavy atom. The first kappa shape index (κ1) is 13.4. The molecule has 0 radical (unpaired) electrons. The fourth-order valence-electron chi connectivity index (χ4n) is 5.13. The van der Waals surface area contributed by atoms with Gasteiger partial charge in [-0.25, -0.2) is 0 Å². The zero-order valence-electron chi connectivity index (χ0n) is 12.5. The molecular weight excluding hydrogens is 310 g/mol. The number of H-pyrrole nitrogens is 1. The minimum Gasteiger partial charge on any atom is -0.307 e. The van der Waals surface area contributed by atoms with Gasteiger partial charge in [0.1, 0.15) is 0 Å². The second-order valence-electron chi connectivity index (χ2n) is 7.04. The van der Waals surface area contributed by atoms with Crippen molar-refractivity contribution in [1.29, 1.82) is 0 Å². The quantitative estimate of drug-likeness (QED) is 0.841. The molecule has 4 unspecified atom stereocenters. The third-order valence-corrected chi connectivity index (χ3v) is 8.61. The topological polar surface area (TPSA) is 32.9 Å². The van der Waals surface area contributed by atoms with Crippen LogP contribution < -0.4 is 4.87 Å². The largest absolute Gasteiger partial charge is 0.307 e. The molecule has 2 saturated carbocycles. The van der Waals surface area contributed by atoms with Gasteiger partial charge in [-0.3, -0.25) is 4.79 Å². The van der Waals surface area contributed by atoms with Crippen LogP contribution >= 0.6 is 23.1 Å². The normalized spacial score (nSPS) is 35.4. The number of hydrogen-bond donors (Lipinski definition) is 1. The van der Waals surface area contributed by atoms with Gasteiger partial charge in [0, 0.05) is 16.0 Å². The minimum absolute atomic E-state index is 0.114. The number of hydrogen-bond acceptors (Lipinski definition) is 3. The van der Waals surface area contributed by atoms with Crippen molar-refractivity contribution in [1.82, 2.24) is 4.98 Å². The molecule has 1 N–H and O–H groups in total. The van der Waals surface area contributed by atoms with Crippen molar-refractivity contribution in [3.8, 4) is 0 Å². The van der Waals surface area contributed by atoms with Crippen molar-refractivity contribution in [3.63, 3.8) is 0 Å². The van der Waals surface area contributed by atoms with Gasteiger partial charge in [0.25, 0.3) is 0 Å². The fourth-order valence-corrected chi connectivity index (χ4v) is 8.02. The maximum absolute atomic E-state index is 12.0. The molecular formula is C18H19NOS2. The number of nitrogens with one attached hydrogen (secondary N) is 1. The molecule has 1 aromatic carbocycles. The van der Waals surface area contributed by atoms with Gasteiger partial charge in [0.2, 0.25) is 0 Å². The minimum atomic E-state index is 0.114. The van der Waals surface area contributed by atoms with Crippen molar-refractivity contribution in [2.75, 3.05) is 0 Å². The van der Waals surface area contributed by atoms with Crippen LogP contribution in [0.5, 0.6) is 0 Å². The molecule has 5 atom stereocenters. The lowest BCUT2D eigenvalue weighted by Gasteiger charge is -2.40. The molecule has 4 heteroatoms. The molecule has 114 valence electrons. The van der Waals surface area contributed by atoms with Crippen LogP contribution in [-0.2, 0) is 0 Å². The van der Waals surface area contributed by atoms with Crippen LogP contribution in [0.4, 0.5) is 0 Å². The van der Waals surface area contributed by atoms with Crippen LogP contribution in [0.1, 0.15) is 41.2 Å². The summed E-state index contributed by atoms with van der Waals surface area (Å²) in [5.74, 6) is 2.88. The summed E-state index contributed by atoms with van der Waals surface area (Å²) < 4.78 is 0. The standard InChI is InChI=1S/C18H19NOS2/c1-9-4-2-3-5-12(9)14-13-10-6-7-11(8-10)15(13)21-17-16(14)22-18(20)19-17/h2-5,10-11,13-15H,6-8H2,1H3,(H,19,20)/t10?,11?,13?,14-,15?/m1/s1. The van der Waals surface area contributed by atoms with Crippen molar-refractivity contribution in [2.45, 2.75) is 42.4 Å². The Morgan fingerprint density at radius 3 is 2.86 bits per heavy atom. The Labute approximate surface area is 138 Å². The zero-order chi connectivity index (χ0) is 14.8. The van der Waals surface area contributed by atoms with Gasteiger partial charge in [-0.15, -0.1) is 11.8 Å². The summed E-state index contributed by atoms with van der Waals surface area (Å²) in [6.45, 7) is 2.22. The van der Waals surface area contributed by atoms with E-state index in [1.165, 1.54) is 46.6 Å². The van der Waals surface area contributed by atoms with E-state index in [2.05, 4.69) is 36.2 Å². The highest BCUT2D eigenvalue weighted by molar-refractivity contribution is 8.00. The maximum Gasteiger partial charge on any atom is 0.305 e. The summed E-state index contributed by atoms with van der Waals surface area (Å²) in [4.78, 5) is 16.5. The highest BCUT2D eigenvalue weighted by Gasteiger charge is 2.54. The molecule has 2 bridgehead atoms. The van der Waals surface area contributed by atoms with E-state index in [1.807, 2.05) is 11.8 Å². The Hall–Kier alpha value is -1.00. The Morgan fingerprint density at radius 1 is 1.18 bits per heavy atom. The number of fused-ring (bicyclic) bond motifs is 6. The van der Waals surface area contributed by atoms with E-state index in [0.717, 1.165) is 22.8 Å². The van der Waals surface area contributed by atoms with E-state index in [4.69, 9.17) is 0 Å². The molecule has 2 fully saturated rings. The van der Waals surface area contributed by atoms with Gasteiger partial charge in [-0.2, -0.15) is 0 Å². The predicted octanol–water partition coefficient (Wildman–Crippen LogP) is 4.40. The Bertz CT molecular complexity index is 792. The number of rotatable bonds is 1. The smallest absolute Gasteiger partial charge is 0.305 e. The first-order chi connectivity index (χ1) is 10.7. The van der Waals surface area contributed by atoms with Crippen molar-refractivity contribution >= 4 is 23.1 Å². The van der Waals surface area contributed by atoms with Crippen LogP contribution in [-0.4, -0.2) is 10.2 Å². The molecule has 2 heterocycles. The number of aromatic nitrogens is 1. The molecule has 0 spiro atoms. The van der Waals surface area contributed by atoms with Crippen LogP contribution in [0.3, 0.4) is 0 Å². The molecule has 2 nitrogen and oxygen atoms in total. The molecule has 2 aliphatic carbocycles. The molecule has 1 aliphatic heterocycles. The summed E-state index contributed by atoms with van der Waals surface area (Å²) in [6, 6.07) is 8.78. The molecule has 5 rings (SSSR count). The van der Waals surface area contributed by atoms with Crippen LogP contribution in [0.25, 0.3) is 0 Å². The number of aryl methyl sites for hydroxylation is 1. The number of benzene rings is 1. The monoisotopic (exact) mass is 329 g/mol. The SMILES string of the molecule is Cc1ccccc1[C@H]1c2sc(=O)[nH]c2SC2C3CCC(C3)C21. The van der Waals surface area contributed by atoms with Gasteiger partial charge in [0.05, 0.1) is 5.03 Å². The number of thiazole rings is 1. The average Bonchev–Trinajstić information content (AvgIpc) is 3.19. The lowest BCUT2D eigenvalue weighted by Crippen LogP contribution is -2.33. The first-order valence-corrected chi connectivity index (χ1v) is 9.87. The summed E-state index contributed by atoms with van der Waals surface area (Å²) in [7, 11) is 0. The van der Waals surface area contributed by atoms with Crippen LogP contribution in [0, 0.1) is 24.7 Å². The van der Waals surface area contributed by atoms with Gasteiger partial charge < -0.3 is 4.98 Å². The fraction of sp³-hybridized carbons (Fsp3) is 0.500. The van der Waals surface area contributed by atoms with Crippen LogP contribution in [0.15, 0.2) is 34.1 Å². The molecule has 2 aromatic rings. The molecule has 3 aliphatic rings. The van der Waals surface area contributed by atoms with E-state index < -0.39 is 0 Å². The summed E-state index contributed by atoms with van der Waals surface area (Å²) >= 11 is 3.42. The molecule has 22 heavy (non-hydrogen) atoms. The van der Waals surface area contributed by atoms with Gasteiger partial charge in [-0.1, -0.05) is 35.6 Å². The third kappa shape index (κ3) is 1.77. The summed E-state index contributed by atoms with van der Waals surface area (Å²) in [5, 5.41) is 1.87. The predicted molar refractivity (Wildman–Crippen MR) is 91.9 cm³/mol. The number of thioether (sulfide) groups is 1. The maximum atomic E-state index is 12.0. The number of aromatic amines is 1. The van der Waals surface area contributed by atoms with E-state index in [0.29, 0.717) is 11.2 Å². The highest BCUT2D eigenvalue weighted by atomic mass is 32.2. The van der Waals surface area contributed by atoms with Crippen LogP contribution in [0.2, 0.25) is 0 Å². The van der Waals surface area contributed by atoms with Gasteiger partial charge in [0.15, 0.2) is 0 Å². The van der Waals surface area contributed by atoms with Gasteiger partial charge in [-0.05, 0) is 55.1 Å². The van der Waals surface area contributed by atoms with E-state index in [9.17, 15) is 4.79 Å². The van der Waals surface area contributed by atoms with E-state index in [-0.39, 0.29) is 4.87 Å². The summed E-state index contributed by atoms with van der Waals surface area (Å²) in [5.41, 5.74) is 2.81. The van der Waals surface area contributed by atoms with Crippen molar-refractivity contribution < 1.29 is 0 Å².